The molecule has 0 aliphatic heterocycles. The van der Waals surface area contributed by atoms with Gasteiger partial charge < -0.3 is 9.64 Å². The summed E-state index contributed by atoms with van der Waals surface area (Å²) < 4.78 is 85.7. The second-order valence-corrected chi connectivity index (χ2v) is 10.7. The smallest absolute Gasteiger partial charge is 0.416 e. The molecule has 1 aromatic heterocycles. The summed E-state index contributed by atoms with van der Waals surface area (Å²) in [4.78, 5) is 17.9. The largest absolute Gasteiger partial charge is 0.496 e. The summed E-state index contributed by atoms with van der Waals surface area (Å²) >= 11 is 0. The zero-order valence-electron chi connectivity index (χ0n) is 19.3. The van der Waals surface area contributed by atoms with Crippen LogP contribution in [0, 0.1) is 5.82 Å². The molecule has 1 fully saturated rings. The summed E-state index contributed by atoms with van der Waals surface area (Å²) in [5, 5.41) is -0.766. The van der Waals surface area contributed by atoms with Crippen LogP contribution in [0.4, 0.5) is 23.2 Å². The maximum absolute atomic E-state index is 13.7. The summed E-state index contributed by atoms with van der Waals surface area (Å²) in [5.74, 6) is -1.24. The first-order valence-corrected chi connectivity index (χ1v) is 12.5. The summed E-state index contributed by atoms with van der Waals surface area (Å²) in [6.07, 6.45) is -0.697. The Balaban J connectivity index is 1.80. The lowest BCUT2D eigenvalue weighted by molar-refractivity contribution is -0.137. The van der Waals surface area contributed by atoms with Crippen LogP contribution in [-0.2, 0) is 16.0 Å². The van der Waals surface area contributed by atoms with Crippen molar-refractivity contribution in [2.75, 3.05) is 19.1 Å². The molecule has 0 atom stereocenters. The number of carbonyl (C=O) groups is 1. The van der Waals surface area contributed by atoms with Crippen LogP contribution in [0.1, 0.15) is 35.2 Å². The number of sulfone groups is 1. The van der Waals surface area contributed by atoms with E-state index in [1.54, 1.807) is 6.07 Å². The molecule has 0 spiro atoms. The molecule has 190 valence electrons. The first kappa shape index (κ1) is 25.6. The van der Waals surface area contributed by atoms with E-state index in [0.29, 0.717) is 42.5 Å². The van der Waals surface area contributed by atoms with Crippen molar-refractivity contribution in [3.05, 3.63) is 71.8 Å². The molecule has 4 rings (SSSR count). The van der Waals surface area contributed by atoms with Gasteiger partial charge in [-0.05, 0) is 49.2 Å². The Hall–Kier alpha value is -3.47. The fourth-order valence-electron chi connectivity index (χ4n) is 4.00. The van der Waals surface area contributed by atoms with Gasteiger partial charge >= 0.3 is 6.18 Å². The van der Waals surface area contributed by atoms with E-state index in [-0.39, 0.29) is 11.4 Å². The number of alkyl halides is 3. The monoisotopic (exact) mass is 522 g/mol. The number of hydrogen-bond acceptors (Lipinski definition) is 5. The summed E-state index contributed by atoms with van der Waals surface area (Å²) in [5.41, 5.74) is -0.634. The average Bonchev–Trinajstić information content (AvgIpc) is 2.80. The van der Waals surface area contributed by atoms with Crippen LogP contribution in [0.25, 0.3) is 11.1 Å². The number of rotatable bonds is 6. The number of halogens is 4. The fraction of sp³-hybridized carbons (Fsp3) is 0.280. The molecule has 3 aromatic rings. The van der Waals surface area contributed by atoms with Crippen LogP contribution in [0.5, 0.6) is 5.75 Å². The van der Waals surface area contributed by atoms with E-state index in [1.165, 1.54) is 38.7 Å². The highest BCUT2D eigenvalue weighted by Gasteiger charge is 2.37. The highest BCUT2D eigenvalue weighted by molar-refractivity contribution is 7.92. The zero-order chi connectivity index (χ0) is 26.3. The molecule has 36 heavy (non-hydrogen) atoms. The normalized spacial score (nSPS) is 14.3. The molecule has 0 bridgehead atoms. The van der Waals surface area contributed by atoms with Gasteiger partial charge in [-0.25, -0.2) is 12.8 Å². The van der Waals surface area contributed by atoms with Gasteiger partial charge in [-0.2, -0.15) is 13.2 Å². The van der Waals surface area contributed by atoms with Gasteiger partial charge in [0.2, 0.25) is 0 Å². The van der Waals surface area contributed by atoms with E-state index in [9.17, 15) is 30.8 Å². The van der Waals surface area contributed by atoms with Crippen molar-refractivity contribution in [1.29, 1.82) is 0 Å². The van der Waals surface area contributed by atoms with Gasteiger partial charge in [-0.1, -0.05) is 6.42 Å². The maximum Gasteiger partial charge on any atom is 0.416 e. The molecule has 0 radical (unpaired) electrons. The minimum Gasteiger partial charge on any atom is -0.496 e. The second kappa shape index (κ2) is 9.53. The van der Waals surface area contributed by atoms with Gasteiger partial charge in [0, 0.05) is 36.0 Å². The fourth-order valence-corrected chi connectivity index (χ4v) is 5.92. The van der Waals surface area contributed by atoms with Gasteiger partial charge in [-0.3, -0.25) is 9.78 Å². The lowest BCUT2D eigenvalue weighted by Crippen LogP contribution is -2.30. The van der Waals surface area contributed by atoms with Gasteiger partial charge in [0.1, 0.15) is 11.6 Å². The molecule has 0 N–H and O–H groups in total. The number of carbonyl (C=O) groups excluding carboxylic acids is 1. The van der Waals surface area contributed by atoms with Crippen molar-refractivity contribution in [3.8, 4) is 16.9 Å². The van der Waals surface area contributed by atoms with E-state index < -0.39 is 49.0 Å². The Bertz CT molecular complexity index is 1420. The topological polar surface area (TPSA) is 76.6 Å². The minimum absolute atomic E-state index is 0.177. The Morgan fingerprint density at radius 3 is 2.42 bits per heavy atom. The average molecular weight is 523 g/mol. The third-order valence-electron chi connectivity index (χ3n) is 6.22. The van der Waals surface area contributed by atoms with Crippen LogP contribution in [-0.4, -0.2) is 38.7 Å². The molecular formula is C25H22F4N2O4S. The maximum atomic E-state index is 13.7. The van der Waals surface area contributed by atoms with Crippen molar-refractivity contribution >= 4 is 21.4 Å². The number of amides is 1. The van der Waals surface area contributed by atoms with Crippen molar-refractivity contribution in [3.63, 3.8) is 0 Å². The van der Waals surface area contributed by atoms with Crippen LogP contribution < -0.4 is 9.64 Å². The van der Waals surface area contributed by atoms with Gasteiger partial charge in [0.15, 0.2) is 9.84 Å². The Morgan fingerprint density at radius 1 is 1.08 bits per heavy atom. The number of nitrogens with zero attached hydrogens (tertiary/aromatic N) is 2. The van der Waals surface area contributed by atoms with Crippen LogP contribution in [0.15, 0.2) is 59.8 Å². The van der Waals surface area contributed by atoms with Crippen LogP contribution in [0.2, 0.25) is 0 Å². The highest BCUT2D eigenvalue weighted by atomic mass is 32.2. The molecule has 1 aliphatic rings. The Morgan fingerprint density at radius 2 is 1.81 bits per heavy atom. The lowest BCUT2D eigenvalue weighted by atomic mass is 10.00. The van der Waals surface area contributed by atoms with Crippen LogP contribution >= 0.6 is 0 Å². The number of ether oxygens (including phenoxy) is 1. The zero-order valence-corrected chi connectivity index (χ0v) is 20.2. The number of benzene rings is 2. The third-order valence-corrected chi connectivity index (χ3v) is 8.46. The van der Waals surface area contributed by atoms with E-state index in [4.69, 9.17) is 4.74 Å². The number of hydrogen-bond donors (Lipinski definition) is 0. The summed E-state index contributed by atoms with van der Waals surface area (Å²) in [7, 11) is -1.35. The SMILES string of the molecule is COc1cc(F)ccc1-c1ccncc1N(C)C(=O)c1cc(C(F)(F)F)cc(S(=O)(=O)C2CCC2)c1. The third kappa shape index (κ3) is 4.79. The van der Waals surface area contributed by atoms with E-state index in [0.717, 1.165) is 17.0 Å². The van der Waals surface area contributed by atoms with Gasteiger partial charge in [0.05, 0.1) is 34.7 Å². The minimum atomic E-state index is -4.86. The first-order chi connectivity index (χ1) is 16.9. The Kier molecular flexibility index (Phi) is 6.78. The van der Waals surface area contributed by atoms with E-state index in [1.807, 2.05) is 0 Å². The second-order valence-electron chi connectivity index (χ2n) is 8.44. The molecule has 0 saturated heterocycles. The standard InChI is InChI=1S/C25H22F4N2O4S/c1-31(22-14-30-9-8-20(22)21-7-6-17(26)13-23(21)35-2)24(32)15-10-16(25(27,28)29)12-19(11-15)36(33,34)18-4-3-5-18/h6-14,18H,3-5H2,1-2H3. The van der Waals surface area contributed by atoms with Gasteiger partial charge in [-0.15, -0.1) is 0 Å². The van der Waals surface area contributed by atoms with Crippen molar-refractivity contribution < 1.29 is 35.5 Å². The molecule has 1 saturated carbocycles. The molecule has 6 nitrogen and oxygen atoms in total. The van der Waals surface area contributed by atoms with Crippen molar-refractivity contribution in [1.82, 2.24) is 4.98 Å². The number of anilines is 1. The summed E-state index contributed by atoms with van der Waals surface area (Å²) in [6.45, 7) is 0. The molecule has 1 aliphatic carbocycles. The molecule has 11 heteroatoms. The first-order valence-electron chi connectivity index (χ1n) is 11.0. The molecule has 0 unspecified atom stereocenters. The predicted molar refractivity (Wildman–Crippen MR) is 125 cm³/mol. The van der Waals surface area contributed by atoms with Gasteiger partial charge in [0.25, 0.3) is 5.91 Å². The van der Waals surface area contributed by atoms with Crippen molar-refractivity contribution in [2.45, 2.75) is 35.6 Å². The Labute approximate surface area is 205 Å². The van der Waals surface area contributed by atoms with Crippen LogP contribution in [0.3, 0.4) is 0 Å². The molecular weight excluding hydrogens is 500 g/mol. The summed E-state index contributed by atoms with van der Waals surface area (Å²) in [6, 6.07) is 7.54. The number of methoxy groups -OCH3 is 1. The quantitative estimate of drug-likeness (QED) is 0.399. The highest BCUT2D eigenvalue weighted by Crippen LogP contribution is 2.39. The van der Waals surface area contributed by atoms with E-state index >= 15 is 0 Å². The predicted octanol–water partition coefficient (Wildman–Crippen LogP) is 5.52. The number of aromatic nitrogens is 1. The molecule has 2 aromatic carbocycles. The molecule has 1 amide bonds. The molecule has 1 heterocycles. The lowest BCUT2D eigenvalue weighted by Gasteiger charge is -2.26. The van der Waals surface area contributed by atoms with E-state index in [2.05, 4.69) is 4.98 Å². The number of pyridine rings is 1. The van der Waals surface area contributed by atoms with Crippen molar-refractivity contribution in [2.24, 2.45) is 0 Å².